The minimum absolute atomic E-state index is 0. The molecule has 0 saturated heterocycles. The smallest absolute Gasteiger partial charge is 0.191 e. The summed E-state index contributed by atoms with van der Waals surface area (Å²) < 4.78 is 0. The number of hydrogen-bond acceptors (Lipinski definition) is 1. The van der Waals surface area contributed by atoms with Gasteiger partial charge in [0.1, 0.15) is 0 Å². The Morgan fingerprint density at radius 3 is 2.17 bits per heavy atom. The molecule has 0 spiro atoms. The molecule has 0 aromatic heterocycles. The summed E-state index contributed by atoms with van der Waals surface area (Å²) in [5.41, 5.74) is 0. The highest BCUT2D eigenvalue weighted by atomic mass is 127. The van der Waals surface area contributed by atoms with Crippen LogP contribution in [0.15, 0.2) is 4.99 Å². The Balaban J connectivity index is 0.00000162. The quantitative estimate of drug-likeness (QED) is 0.456. The molecule has 3 nitrogen and oxygen atoms in total. The molecule has 2 N–H and O–H groups in total. The number of rotatable bonds is 4. The van der Waals surface area contributed by atoms with Crippen LogP contribution >= 0.6 is 24.0 Å². The van der Waals surface area contributed by atoms with Crippen LogP contribution in [0.1, 0.15) is 51.9 Å². The normalized spacial score (nSPS) is 28.4. The predicted octanol–water partition coefficient (Wildman–Crippen LogP) is 3.15. The van der Waals surface area contributed by atoms with Gasteiger partial charge in [-0.15, -0.1) is 24.0 Å². The lowest BCUT2D eigenvalue weighted by Gasteiger charge is -2.28. The van der Waals surface area contributed by atoms with Crippen LogP contribution < -0.4 is 10.6 Å². The van der Waals surface area contributed by atoms with E-state index in [9.17, 15) is 0 Å². The lowest BCUT2D eigenvalue weighted by Crippen LogP contribution is -2.41. The van der Waals surface area contributed by atoms with Crippen molar-refractivity contribution in [3.63, 3.8) is 0 Å². The molecule has 2 fully saturated rings. The zero-order chi connectivity index (χ0) is 12.1. The van der Waals surface area contributed by atoms with E-state index in [1.807, 2.05) is 7.05 Å². The second-order valence-electron chi connectivity index (χ2n) is 5.67. The van der Waals surface area contributed by atoms with E-state index < -0.39 is 0 Å². The number of halogens is 1. The third-order valence-electron chi connectivity index (χ3n) is 4.24. The highest BCUT2D eigenvalue weighted by molar-refractivity contribution is 14.0. The van der Waals surface area contributed by atoms with Gasteiger partial charge in [0, 0.05) is 19.6 Å². The molecule has 2 rings (SSSR count). The van der Waals surface area contributed by atoms with Gasteiger partial charge in [-0.25, -0.2) is 0 Å². The number of guanidine groups is 1. The summed E-state index contributed by atoms with van der Waals surface area (Å²) in [6.45, 7) is 3.42. The maximum Gasteiger partial charge on any atom is 0.191 e. The van der Waals surface area contributed by atoms with E-state index in [4.69, 9.17) is 0 Å². The standard InChI is InChI=1S/C14H27N3.HI/c1-3-11-4-6-12(7-5-11)10-16-14(15-2)17-13-8-9-13;/h11-13H,3-10H2,1-2H3,(H2,15,16,17);1H. The van der Waals surface area contributed by atoms with Crippen LogP contribution in [-0.4, -0.2) is 25.6 Å². The summed E-state index contributed by atoms with van der Waals surface area (Å²) in [6, 6.07) is 0.692. The van der Waals surface area contributed by atoms with Crippen LogP contribution in [0.4, 0.5) is 0 Å². The zero-order valence-electron chi connectivity index (χ0n) is 11.7. The Morgan fingerprint density at radius 2 is 1.67 bits per heavy atom. The van der Waals surface area contributed by atoms with Crippen molar-refractivity contribution in [2.24, 2.45) is 16.8 Å². The molecule has 0 radical (unpaired) electrons. The first-order valence-corrected chi connectivity index (χ1v) is 7.29. The summed E-state index contributed by atoms with van der Waals surface area (Å²) >= 11 is 0. The number of nitrogens with one attached hydrogen (secondary N) is 2. The van der Waals surface area contributed by atoms with Gasteiger partial charge in [-0.1, -0.05) is 26.2 Å². The van der Waals surface area contributed by atoms with Gasteiger partial charge in [-0.3, -0.25) is 4.99 Å². The average Bonchev–Trinajstić information content (AvgIpc) is 3.19. The number of nitrogens with zero attached hydrogens (tertiary/aromatic N) is 1. The van der Waals surface area contributed by atoms with Crippen molar-refractivity contribution < 1.29 is 0 Å². The molecule has 2 aliphatic carbocycles. The molecule has 2 aliphatic rings. The second kappa shape index (κ2) is 8.23. The fraction of sp³-hybridized carbons (Fsp3) is 0.929. The van der Waals surface area contributed by atoms with E-state index in [2.05, 4.69) is 22.5 Å². The van der Waals surface area contributed by atoms with Crippen molar-refractivity contribution in [1.29, 1.82) is 0 Å². The molecular weight excluding hydrogens is 337 g/mol. The molecule has 2 saturated carbocycles. The highest BCUT2D eigenvalue weighted by Gasteiger charge is 2.23. The van der Waals surface area contributed by atoms with E-state index in [0.717, 1.165) is 24.3 Å². The minimum atomic E-state index is 0. The average molecular weight is 365 g/mol. The van der Waals surface area contributed by atoms with Crippen LogP contribution in [0.25, 0.3) is 0 Å². The number of aliphatic imine (C=N–C) groups is 1. The highest BCUT2D eigenvalue weighted by Crippen LogP contribution is 2.30. The van der Waals surface area contributed by atoms with Gasteiger partial charge in [-0.05, 0) is 37.5 Å². The maximum absolute atomic E-state index is 4.28. The fourth-order valence-corrected chi connectivity index (χ4v) is 2.70. The van der Waals surface area contributed by atoms with Gasteiger partial charge in [0.2, 0.25) is 0 Å². The molecule has 0 atom stereocenters. The van der Waals surface area contributed by atoms with Crippen molar-refractivity contribution in [1.82, 2.24) is 10.6 Å². The van der Waals surface area contributed by atoms with Crippen molar-refractivity contribution >= 4 is 29.9 Å². The van der Waals surface area contributed by atoms with Crippen LogP contribution in [0, 0.1) is 11.8 Å². The Labute approximate surface area is 129 Å². The third kappa shape index (κ3) is 5.33. The van der Waals surface area contributed by atoms with E-state index in [-0.39, 0.29) is 24.0 Å². The molecule has 0 bridgehead atoms. The largest absolute Gasteiger partial charge is 0.356 e. The first-order valence-electron chi connectivity index (χ1n) is 7.29. The third-order valence-corrected chi connectivity index (χ3v) is 4.24. The van der Waals surface area contributed by atoms with E-state index in [0.29, 0.717) is 6.04 Å². The minimum Gasteiger partial charge on any atom is -0.356 e. The van der Waals surface area contributed by atoms with Gasteiger partial charge in [-0.2, -0.15) is 0 Å². The van der Waals surface area contributed by atoms with Crippen molar-refractivity contribution in [2.45, 2.75) is 57.9 Å². The van der Waals surface area contributed by atoms with Crippen molar-refractivity contribution in [3.8, 4) is 0 Å². The molecule has 18 heavy (non-hydrogen) atoms. The molecule has 0 aliphatic heterocycles. The topological polar surface area (TPSA) is 36.4 Å². The zero-order valence-corrected chi connectivity index (χ0v) is 14.1. The monoisotopic (exact) mass is 365 g/mol. The van der Waals surface area contributed by atoms with Crippen LogP contribution in [-0.2, 0) is 0 Å². The Hall–Kier alpha value is 0. The van der Waals surface area contributed by atoms with Crippen molar-refractivity contribution in [3.05, 3.63) is 0 Å². The molecule has 0 heterocycles. The molecular formula is C14H28IN3. The molecule has 4 heteroatoms. The molecule has 0 unspecified atom stereocenters. The van der Waals surface area contributed by atoms with Crippen LogP contribution in [0.3, 0.4) is 0 Å². The van der Waals surface area contributed by atoms with Gasteiger partial charge in [0.15, 0.2) is 5.96 Å². The van der Waals surface area contributed by atoms with E-state index in [1.54, 1.807) is 0 Å². The molecule has 106 valence electrons. The Kier molecular flexibility index (Phi) is 7.34. The summed E-state index contributed by atoms with van der Waals surface area (Å²) in [6.07, 6.45) is 9.63. The van der Waals surface area contributed by atoms with Gasteiger partial charge >= 0.3 is 0 Å². The van der Waals surface area contributed by atoms with Gasteiger partial charge < -0.3 is 10.6 Å². The number of hydrogen-bond donors (Lipinski definition) is 2. The first-order chi connectivity index (χ1) is 8.31. The van der Waals surface area contributed by atoms with Crippen LogP contribution in [0.5, 0.6) is 0 Å². The summed E-state index contributed by atoms with van der Waals surface area (Å²) in [7, 11) is 1.87. The van der Waals surface area contributed by atoms with E-state index >= 15 is 0 Å². The van der Waals surface area contributed by atoms with E-state index in [1.165, 1.54) is 44.9 Å². The summed E-state index contributed by atoms with van der Waals surface area (Å²) in [5, 5.41) is 6.92. The molecule has 0 aromatic carbocycles. The van der Waals surface area contributed by atoms with Gasteiger partial charge in [0.05, 0.1) is 0 Å². The first kappa shape index (κ1) is 16.1. The fourth-order valence-electron chi connectivity index (χ4n) is 2.70. The van der Waals surface area contributed by atoms with Crippen molar-refractivity contribution in [2.75, 3.05) is 13.6 Å². The second-order valence-corrected chi connectivity index (χ2v) is 5.67. The lowest BCUT2D eigenvalue weighted by atomic mass is 9.81. The summed E-state index contributed by atoms with van der Waals surface area (Å²) in [5.74, 6) is 2.86. The van der Waals surface area contributed by atoms with Crippen LogP contribution in [0.2, 0.25) is 0 Å². The SMILES string of the molecule is CCC1CCC(CNC(=NC)NC2CC2)CC1.I. The lowest BCUT2D eigenvalue weighted by molar-refractivity contribution is 0.269. The van der Waals surface area contributed by atoms with Gasteiger partial charge in [0.25, 0.3) is 0 Å². The maximum atomic E-state index is 4.28. The Bertz CT molecular complexity index is 256. The predicted molar refractivity (Wildman–Crippen MR) is 88.7 cm³/mol. The Morgan fingerprint density at radius 1 is 1.06 bits per heavy atom. The molecule has 0 aromatic rings. The molecule has 0 amide bonds. The summed E-state index contributed by atoms with van der Waals surface area (Å²) in [4.78, 5) is 4.28.